The minimum Gasteiger partial charge on any atom is -0.492 e. The molecule has 0 aliphatic rings. The van der Waals surface area contributed by atoms with Gasteiger partial charge in [0.05, 0.1) is 6.20 Å². The van der Waals surface area contributed by atoms with E-state index in [0.29, 0.717) is 18.0 Å². The Morgan fingerprint density at radius 3 is 2.65 bits per heavy atom. The molecule has 0 unspecified atom stereocenters. The molecule has 0 aliphatic carbocycles. The third-order valence-electron chi connectivity index (χ3n) is 2.67. The smallest absolute Gasteiger partial charge is 0.256 e. The summed E-state index contributed by atoms with van der Waals surface area (Å²) >= 11 is 0. The predicted molar refractivity (Wildman–Crippen MR) is 77.0 cm³/mol. The number of amides is 1. The number of likely N-dealkylation sites (N-methyl/N-ethyl adjacent to an activating group) is 1. The summed E-state index contributed by atoms with van der Waals surface area (Å²) in [6.07, 6.45) is 1.58. The van der Waals surface area contributed by atoms with Crippen LogP contribution >= 0.6 is 0 Å². The van der Waals surface area contributed by atoms with Gasteiger partial charge in [0.2, 0.25) is 0 Å². The van der Waals surface area contributed by atoms with Gasteiger partial charge >= 0.3 is 0 Å². The maximum atomic E-state index is 11.9. The first-order valence-corrected chi connectivity index (χ1v) is 6.33. The Morgan fingerprint density at radius 1 is 1.30 bits per heavy atom. The molecule has 0 saturated heterocycles. The molecule has 1 heterocycles. The fourth-order valence-electron chi connectivity index (χ4n) is 1.57. The van der Waals surface area contributed by atoms with Gasteiger partial charge in [-0.15, -0.1) is 0 Å². The largest absolute Gasteiger partial charge is 0.492 e. The number of nitrogens with zero attached hydrogens (tertiary/aromatic N) is 2. The third kappa shape index (κ3) is 4.10. The lowest BCUT2D eigenvalue weighted by Crippen LogP contribution is -2.19. The lowest BCUT2D eigenvalue weighted by molar-refractivity contribution is 0.102. The molecule has 0 fully saturated rings. The molecular weight excluding hydrogens is 256 g/mol. The molecule has 0 saturated carbocycles. The molecule has 20 heavy (non-hydrogen) atoms. The van der Waals surface area contributed by atoms with Crippen LogP contribution in [0.15, 0.2) is 36.5 Å². The van der Waals surface area contributed by atoms with Crippen molar-refractivity contribution in [3.8, 4) is 5.75 Å². The van der Waals surface area contributed by atoms with E-state index in [1.54, 1.807) is 36.5 Å². The number of ether oxygens (including phenoxy) is 1. The zero-order chi connectivity index (χ0) is 14.4. The molecule has 0 atom stereocenters. The van der Waals surface area contributed by atoms with Gasteiger partial charge in [-0.05, 0) is 38.4 Å². The van der Waals surface area contributed by atoms with E-state index >= 15 is 0 Å². The van der Waals surface area contributed by atoms with Crippen LogP contribution in [0.4, 0.5) is 5.82 Å². The Hall–Kier alpha value is -2.34. The number of benzene rings is 1. The number of H-pyrrole nitrogens is 1. The highest BCUT2D eigenvalue weighted by atomic mass is 16.5. The SMILES string of the molecule is CN(C)CCOc1ccc(C(=O)Nc2ccn[nH]2)cc1. The maximum absolute atomic E-state index is 11.9. The molecule has 2 rings (SSSR count). The summed E-state index contributed by atoms with van der Waals surface area (Å²) in [4.78, 5) is 14.0. The average molecular weight is 274 g/mol. The fourth-order valence-corrected chi connectivity index (χ4v) is 1.57. The molecule has 0 spiro atoms. The van der Waals surface area contributed by atoms with Crippen LogP contribution in [0.1, 0.15) is 10.4 Å². The highest BCUT2D eigenvalue weighted by molar-refractivity contribution is 6.03. The van der Waals surface area contributed by atoms with Crippen LogP contribution in [0.3, 0.4) is 0 Å². The van der Waals surface area contributed by atoms with Crippen LogP contribution in [0, 0.1) is 0 Å². The maximum Gasteiger partial charge on any atom is 0.256 e. The average Bonchev–Trinajstić information content (AvgIpc) is 2.92. The summed E-state index contributed by atoms with van der Waals surface area (Å²) in [7, 11) is 3.98. The number of hydrogen-bond donors (Lipinski definition) is 2. The molecule has 0 aliphatic heterocycles. The summed E-state index contributed by atoms with van der Waals surface area (Å²) in [6.45, 7) is 1.47. The Morgan fingerprint density at radius 2 is 2.05 bits per heavy atom. The molecular formula is C14H18N4O2. The first-order valence-electron chi connectivity index (χ1n) is 6.33. The molecule has 0 radical (unpaired) electrons. The van der Waals surface area contributed by atoms with Crippen LogP contribution in [0.25, 0.3) is 0 Å². The minimum atomic E-state index is -0.186. The first kappa shape index (κ1) is 14.1. The van der Waals surface area contributed by atoms with Crippen molar-refractivity contribution in [1.29, 1.82) is 0 Å². The topological polar surface area (TPSA) is 70.2 Å². The van der Waals surface area contributed by atoms with Crippen molar-refractivity contribution in [2.75, 3.05) is 32.6 Å². The van der Waals surface area contributed by atoms with Crippen molar-refractivity contribution >= 4 is 11.7 Å². The van der Waals surface area contributed by atoms with Gasteiger partial charge in [-0.25, -0.2) is 0 Å². The molecule has 2 aromatic rings. The first-order chi connectivity index (χ1) is 9.65. The van der Waals surface area contributed by atoms with Crippen molar-refractivity contribution in [2.45, 2.75) is 0 Å². The molecule has 1 aromatic carbocycles. The van der Waals surface area contributed by atoms with Gasteiger partial charge in [0.1, 0.15) is 18.2 Å². The van der Waals surface area contributed by atoms with Crippen LogP contribution in [-0.2, 0) is 0 Å². The zero-order valence-electron chi connectivity index (χ0n) is 11.6. The third-order valence-corrected chi connectivity index (χ3v) is 2.67. The van der Waals surface area contributed by atoms with Crippen LogP contribution in [0.2, 0.25) is 0 Å². The monoisotopic (exact) mass is 274 g/mol. The number of aromatic amines is 1. The molecule has 1 amide bonds. The summed E-state index contributed by atoms with van der Waals surface area (Å²) in [5, 5.41) is 9.15. The predicted octanol–water partition coefficient (Wildman–Crippen LogP) is 1.60. The van der Waals surface area contributed by atoms with Gasteiger partial charge in [0, 0.05) is 18.2 Å². The van der Waals surface area contributed by atoms with Crippen LogP contribution in [-0.4, -0.2) is 48.3 Å². The van der Waals surface area contributed by atoms with E-state index in [9.17, 15) is 4.79 Å². The van der Waals surface area contributed by atoms with Crippen molar-refractivity contribution in [3.63, 3.8) is 0 Å². The summed E-state index contributed by atoms with van der Waals surface area (Å²) in [5.41, 5.74) is 0.569. The second kappa shape index (κ2) is 6.72. The number of carbonyl (C=O) groups excluding carboxylic acids is 1. The molecule has 1 aromatic heterocycles. The highest BCUT2D eigenvalue weighted by Crippen LogP contribution is 2.13. The standard InChI is InChI=1S/C14H18N4O2/c1-18(2)9-10-20-12-5-3-11(4-6-12)14(19)16-13-7-8-15-17-13/h3-8H,9-10H2,1-2H3,(H2,15,16,17,19). The van der Waals surface area contributed by atoms with Gasteiger partial charge in [-0.3, -0.25) is 9.89 Å². The Balaban J connectivity index is 1.89. The second-order valence-corrected chi connectivity index (χ2v) is 4.60. The summed E-state index contributed by atoms with van der Waals surface area (Å²) in [5.74, 6) is 1.14. The van der Waals surface area contributed by atoms with Gasteiger partial charge in [-0.1, -0.05) is 0 Å². The number of aromatic nitrogens is 2. The van der Waals surface area contributed by atoms with E-state index < -0.39 is 0 Å². The normalized spacial score (nSPS) is 10.6. The molecule has 2 N–H and O–H groups in total. The van der Waals surface area contributed by atoms with Crippen molar-refractivity contribution in [2.24, 2.45) is 0 Å². The Labute approximate surface area is 117 Å². The molecule has 0 bridgehead atoms. The minimum absolute atomic E-state index is 0.186. The highest BCUT2D eigenvalue weighted by Gasteiger charge is 2.06. The Bertz CT molecular complexity index is 535. The fraction of sp³-hybridized carbons (Fsp3) is 0.286. The number of carbonyl (C=O) groups is 1. The van der Waals surface area contributed by atoms with E-state index in [-0.39, 0.29) is 5.91 Å². The van der Waals surface area contributed by atoms with Crippen molar-refractivity contribution in [3.05, 3.63) is 42.1 Å². The number of anilines is 1. The quantitative estimate of drug-likeness (QED) is 0.839. The molecule has 6 nitrogen and oxygen atoms in total. The second-order valence-electron chi connectivity index (χ2n) is 4.60. The number of nitrogens with one attached hydrogen (secondary N) is 2. The van der Waals surface area contributed by atoms with Crippen molar-refractivity contribution < 1.29 is 9.53 Å². The summed E-state index contributed by atoms with van der Waals surface area (Å²) in [6, 6.07) is 8.74. The van der Waals surface area contributed by atoms with Crippen LogP contribution in [0.5, 0.6) is 5.75 Å². The number of hydrogen-bond acceptors (Lipinski definition) is 4. The van der Waals surface area contributed by atoms with E-state index in [2.05, 4.69) is 15.5 Å². The van der Waals surface area contributed by atoms with Gasteiger partial charge in [-0.2, -0.15) is 5.10 Å². The Kier molecular flexibility index (Phi) is 4.73. The van der Waals surface area contributed by atoms with E-state index in [4.69, 9.17) is 4.74 Å². The van der Waals surface area contributed by atoms with Gasteiger partial charge in [0.15, 0.2) is 0 Å². The molecule has 6 heteroatoms. The van der Waals surface area contributed by atoms with E-state index in [0.717, 1.165) is 12.3 Å². The van der Waals surface area contributed by atoms with E-state index in [1.807, 2.05) is 19.0 Å². The van der Waals surface area contributed by atoms with Crippen LogP contribution < -0.4 is 10.1 Å². The van der Waals surface area contributed by atoms with Gasteiger partial charge in [0.25, 0.3) is 5.91 Å². The lowest BCUT2D eigenvalue weighted by atomic mass is 10.2. The lowest BCUT2D eigenvalue weighted by Gasteiger charge is -2.11. The molecule has 106 valence electrons. The van der Waals surface area contributed by atoms with Crippen molar-refractivity contribution in [1.82, 2.24) is 15.1 Å². The number of rotatable bonds is 6. The van der Waals surface area contributed by atoms with E-state index in [1.165, 1.54) is 0 Å². The summed E-state index contributed by atoms with van der Waals surface area (Å²) < 4.78 is 5.57. The zero-order valence-corrected chi connectivity index (χ0v) is 11.6. The van der Waals surface area contributed by atoms with Gasteiger partial charge < -0.3 is 15.0 Å².